The normalized spacial score (nSPS) is 14.7. The van der Waals surface area contributed by atoms with Crippen molar-refractivity contribution in [1.29, 1.82) is 0 Å². The highest BCUT2D eigenvalue weighted by molar-refractivity contribution is 5.64. The van der Waals surface area contributed by atoms with Crippen molar-refractivity contribution in [2.75, 3.05) is 38.8 Å². The molecular formula is C32H42N2O4. The maximum Gasteiger partial charge on any atom is 0.162 e. The van der Waals surface area contributed by atoms with Gasteiger partial charge in [0.2, 0.25) is 0 Å². The van der Waals surface area contributed by atoms with Crippen LogP contribution in [0.15, 0.2) is 54.6 Å². The first-order valence-corrected chi connectivity index (χ1v) is 13.7. The Balaban J connectivity index is 1.63. The van der Waals surface area contributed by atoms with Gasteiger partial charge in [0.25, 0.3) is 0 Å². The molecule has 3 aromatic rings. The molecular weight excluding hydrogens is 476 g/mol. The van der Waals surface area contributed by atoms with Crippen LogP contribution < -0.4 is 24.4 Å². The SMILES string of the molecule is CCNCCOc1ccc(CN(c2cc(OC)c(OC)cc2C2CCc3cc(O)ccc3C2)C(C)C)cc1. The first kappa shape index (κ1) is 27.6. The summed E-state index contributed by atoms with van der Waals surface area (Å²) < 4.78 is 17.3. The molecule has 0 fully saturated rings. The number of ether oxygens (including phenoxy) is 3. The number of fused-ring (bicyclic) bond motifs is 1. The number of nitrogens with one attached hydrogen (secondary N) is 1. The van der Waals surface area contributed by atoms with E-state index in [-0.39, 0.29) is 6.04 Å². The minimum atomic E-state index is 0.274. The second kappa shape index (κ2) is 12.9. The molecule has 0 radical (unpaired) electrons. The molecule has 2 N–H and O–H groups in total. The third-order valence-electron chi connectivity index (χ3n) is 7.40. The average Bonchev–Trinajstić information content (AvgIpc) is 2.93. The van der Waals surface area contributed by atoms with Crippen LogP contribution in [0.5, 0.6) is 23.0 Å². The van der Waals surface area contributed by atoms with Gasteiger partial charge in [-0.1, -0.05) is 25.1 Å². The fourth-order valence-electron chi connectivity index (χ4n) is 5.32. The Bertz CT molecular complexity index is 1190. The van der Waals surface area contributed by atoms with Gasteiger partial charge in [-0.2, -0.15) is 0 Å². The zero-order valence-electron chi connectivity index (χ0n) is 23.4. The lowest BCUT2D eigenvalue weighted by Gasteiger charge is -2.35. The van der Waals surface area contributed by atoms with E-state index in [0.717, 1.165) is 56.1 Å². The van der Waals surface area contributed by atoms with Crippen LogP contribution in [0.4, 0.5) is 5.69 Å². The molecule has 0 bridgehead atoms. The number of hydrogen-bond donors (Lipinski definition) is 2. The van der Waals surface area contributed by atoms with E-state index in [4.69, 9.17) is 14.2 Å². The molecule has 0 saturated heterocycles. The van der Waals surface area contributed by atoms with Gasteiger partial charge in [0.05, 0.1) is 14.2 Å². The maximum absolute atomic E-state index is 9.95. The lowest BCUT2D eigenvalue weighted by atomic mass is 9.79. The highest BCUT2D eigenvalue weighted by Gasteiger charge is 2.27. The van der Waals surface area contributed by atoms with Gasteiger partial charge in [-0.25, -0.2) is 0 Å². The number of phenols is 1. The summed E-state index contributed by atoms with van der Waals surface area (Å²) >= 11 is 0. The zero-order chi connectivity index (χ0) is 27.1. The number of likely N-dealkylation sites (N-methyl/N-ethyl adjacent to an activating group) is 1. The summed E-state index contributed by atoms with van der Waals surface area (Å²) in [5, 5.41) is 13.2. The Morgan fingerprint density at radius 2 is 1.71 bits per heavy atom. The van der Waals surface area contributed by atoms with E-state index in [9.17, 15) is 5.11 Å². The number of rotatable bonds is 12. The van der Waals surface area contributed by atoms with E-state index in [0.29, 0.717) is 18.3 Å². The summed E-state index contributed by atoms with van der Waals surface area (Å²) in [5.74, 6) is 3.07. The largest absolute Gasteiger partial charge is 0.508 e. The molecule has 204 valence electrons. The van der Waals surface area contributed by atoms with Crippen molar-refractivity contribution in [2.24, 2.45) is 0 Å². The zero-order valence-corrected chi connectivity index (χ0v) is 23.4. The molecule has 0 aromatic heterocycles. The first-order valence-electron chi connectivity index (χ1n) is 13.7. The van der Waals surface area contributed by atoms with E-state index in [1.807, 2.05) is 6.07 Å². The number of aryl methyl sites for hydroxylation is 1. The molecule has 3 aromatic carbocycles. The Hall–Kier alpha value is -3.38. The molecule has 0 amide bonds. The summed E-state index contributed by atoms with van der Waals surface area (Å²) in [6, 6.07) is 18.8. The van der Waals surface area contributed by atoms with Gasteiger partial charge in [0, 0.05) is 30.9 Å². The van der Waals surface area contributed by atoms with Gasteiger partial charge < -0.3 is 29.5 Å². The number of nitrogens with zero attached hydrogens (tertiary/aromatic N) is 1. The van der Waals surface area contributed by atoms with Gasteiger partial charge >= 0.3 is 0 Å². The van der Waals surface area contributed by atoms with Crippen molar-refractivity contribution in [2.45, 2.75) is 58.5 Å². The number of aromatic hydroxyl groups is 1. The Morgan fingerprint density at radius 1 is 0.974 bits per heavy atom. The number of methoxy groups -OCH3 is 2. The molecule has 1 aliphatic carbocycles. The van der Waals surface area contributed by atoms with E-state index in [1.165, 1.54) is 27.9 Å². The van der Waals surface area contributed by atoms with E-state index >= 15 is 0 Å². The van der Waals surface area contributed by atoms with Crippen LogP contribution in [-0.2, 0) is 19.4 Å². The summed E-state index contributed by atoms with van der Waals surface area (Å²) in [6.07, 6.45) is 2.89. The highest BCUT2D eigenvalue weighted by atomic mass is 16.5. The van der Waals surface area contributed by atoms with E-state index in [2.05, 4.69) is 73.5 Å². The Kier molecular flexibility index (Phi) is 9.40. The topological polar surface area (TPSA) is 63.2 Å². The predicted molar refractivity (Wildman–Crippen MR) is 154 cm³/mol. The fourth-order valence-corrected chi connectivity index (χ4v) is 5.32. The van der Waals surface area contributed by atoms with Gasteiger partial charge in [-0.15, -0.1) is 0 Å². The standard InChI is InChI=1S/C32H42N2O4/c1-6-33-15-16-38-28-13-7-23(8-14-28)21-34(22(2)3)30-20-32(37-5)31(36-4)19-29(30)26-10-9-25-18-27(35)12-11-24(25)17-26/h7-8,11-14,18-20,22,26,33,35H,6,9-10,15-17,21H2,1-5H3. The summed E-state index contributed by atoms with van der Waals surface area (Å²) in [6.45, 7) is 9.78. The van der Waals surface area contributed by atoms with Crippen molar-refractivity contribution < 1.29 is 19.3 Å². The van der Waals surface area contributed by atoms with Gasteiger partial charge in [0.15, 0.2) is 11.5 Å². The number of hydrogen-bond acceptors (Lipinski definition) is 6. The minimum Gasteiger partial charge on any atom is -0.508 e. The molecule has 0 saturated carbocycles. The number of anilines is 1. The second-order valence-corrected chi connectivity index (χ2v) is 10.2. The predicted octanol–water partition coefficient (Wildman–Crippen LogP) is 6.09. The van der Waals surface area contributed by atoms with Gasteiger partial charge in [0.1, 0.15) is 18.1 Å². The molecule has 0 aliphatic heterocycles. The lowest BCUT2D eigenvalue weighted by Crippen LogP contribution is -2.32. The summed E-state index contributed by atoms with van der Waals surface area (Å²) in [7, 11) is 3.39. The summed E-state index contributed by atoms with van der Waals surface area (Å²) in [4.78, 5) is 2.45. The van der Waals surface area contributed by atoms with Crippen molar-refractivity contribution in [1.82, 2.24) is 5.32 Å². The maximum atomic E-state index is 9.95. The first-order chi connectivity index (χ1) is 18.4. The van der Waals surface area contributed by atoms with Crippen molar-refractivity contribution in [3.05, 3.63) is 76.9 Å². The second-order valence-electron chi connectivity index (χ2n) is 10.2. The molecule has 0 heterocycles. The van der Waals surface area contributed by atoms with Crippen LogP contribution in [0.2, 0.25) is 0 Å². The highest BCUT2D eigenvalue weighted by Crippen LogP contribution is 2.44. The van der Waals surface area contributed by atoms with E-state index < -0.39 is 0 Å². The Morgan fingerprint density at radius 3 is 2.39 bits per heavy atom. The van der Waals surface area contributed by atoms with Crippen LogP contribution in [-0.4, -0.2) is 45.1 Å². The quantitative estimate of drug-likeness (QED) is 0.283. The molecule has 6 nitrogen and oxygen atoms in total. The Labute approximate surface area is 227 Å². The fraction of sp³-hybridized carbons (Fsp3) is 0.438. The number of benzene rings is 3. The van der Waals surface area contributed by atoms with Gasteiger partial charge in [-0.05, 0) is 98.2 Å². The van der Waals surface area contributed by atoms with Crippen LogP contribution in [0.1, 0.15) is 55.4 Å². The van der Waals surface area contributed by atoms with Crippen LogP contribution in [0, 0.1) is 0 Å². The van der Waals surface area contributed by atoms with Crippen LogP contribution in [0.3, 0.4) is 0 Å². The van der Waals surface area contributed by atoms with Crippen molar-refractivity contribution in [3.8, 4) is 23.0 Å². The third kappa shape index (κ3) is 6.54. The lowest BCUT2D eigenvalue weighted by molar-refractivity contribution is 0.315. The van der Waals surface area contributed by atoms with Crippen LogP contribution in [0.25, 0.3) is 0 Å². The molecule has 4 rings (SSSR count). The summed E-state index contributed by atoms with van der Waals surface area (Å²) in [5.41, 5.74) is 6.23. The van der Waals surface area contributed by atoms with E-state index in [1.54, 1.807) is 20.3 Å². The molecule has 38 heavy (non-hydrogen) atoms. The molecule has 1 unspecified atom stereocenters. The minimum absolute atomic E-state index is 0.274. The molecule has 6 heteroatoms. The third-order valence-corrected chi connectivity index (χ3v) is 7.40. The monoisotopic (exact) mass is 518 g/mol. The number of phenolic OH excluding ortho intramolecular Hbond substituents is 1. The molecule has 1 atom stereocenters. The van der Waals surface area contributed by atoms with Gasteiger partial charge in [-0.3, -0.25) is 0 Å². The average molecular weight is 519 g/mol. The molecule has 1 aliphatic rings. The van der Waals surface area contributed by atoms with Crippen molar-refractivity contribution >= 4 is 5.69 Å². The van der Waals surface area contributed by atoms with Crippen molar-refractivity contribution in [3.63, 3.8) is 0 Å². The smallest absolute Gasteiger partial charge is 0.162 e. The molecule has 0 spiro atoms. The van der Waals surface area contributed by atoms with Crippen LogP contribution >= 0.6 is 0 Å².